The lowest BCUT2D eigenvalue weighted by molar-refractivity contribution is 1.19. The normalized spacial score (nSPS) is 12.1. The maximum absolute atomic E-state index is 5.45. The third kappa shape index (κ3) is 5.49. The molecule has 0 saturated carbocycles. The van der Waals surface area contributed by atoms with Crippen molar-refractivity contribution in [2.45, 2.75) is 0 Å². The Morgan fingerprint density at radius 1 is 0.250 bits per heavy atom. The highest BCUT2D eigenvalue weighted by atomic mass is 15.0. The van der Waals surface area contributed by atoms with E-state index >= 15 is 0 Å². The largest absolute Gasteiger partial charge is 0.309 e. The molecule has 0 spiro atoms. The number of hydrogen-bond donors (Lipinski definition) is 0. The molecule has 0 aliphatic rings. The zero-order valence-corrected chi connectivity index (χ0v) is 36.7. The summed E-state index contributed by atoms with van der Waals surface area (Å²) in [6.07, 6.45) is 0. The highest BCUT2D eigenvalue weighted by Crippen LogP contribution is 2.42. The molecule has 4 nitrogen and oxygen atoms in total. The number of rotatable bonds is 4. The highest BCUT2D eigenvalue weighted by molar-refractivity contribution is 6.17. The first-order chi connectivity index (χ1) is 33.7. The molecule has 0 N–H and O–H groups in total. The van der Waals surface area contributed by atoms with Gasteiger partial charge in [-0.1, -0.05) is 152 Å². The molecule has 15 rings (SSSR count). The van der Waals surface area contributed by atoms with Crippen LogP contribution in [-0.4, -0.2) is 19.1 Å². The Labute approximate surface area is 390 Å². The first-order valence-electron chi connectivity index (χ1n) is 23.3. The van der Waals surface area contributed by atoms with Crippen LogP contribution in [0.5, 0.6) is 0 Å². The lowest BCUT2D eigenvalue weighted by atomic mass is 9.96. The predicted octanol–water partition coefficient (Wildman–Crippen LogP) is 16.9. The second kappa shape index (κ2) is 14.2. The van der Waals surface area contributed by atoms with Gasteiger partial charge in [-0.3, -0.25) is 0 Å². The third-order valence-corrected chi connectivity index (χ3v) is 14.4. The van der Waals surface area contributed by atoms with Gasteiger partial charge in [-0.05, 0) is 127 Å². The van der Waals surface area contributed by atoms with Gasteiger partial charge in [0.1, 0.15) is 0 Å². The van der Waals surface area contributed by atoms with Crippen LogP contribution >= 0.6 is 0 Å². The predicted molar refractivity (Wildman–Crippen MR) is 287 cm³/mol. The van der Waals surface area contributed by atoms with Crippen LogP contribution in [0.3, 0.4) is 0 Å². The molecule has 0 saturated heterocycles. The first-order valence-corrected chi connectivity index (χ1v) is 23.3. The quantitative estimate of drug-likeness (QED) is 0.165. The van der Waals surface area contributed by atoms with Crippen molar-refractivity contribution in [1.29, 1.82) is 0 Å². The number of benzene rings is 12. The highest BCUT2D eigenvalue weighted by Gasteiger charge is 2.21. The monoisotopic (exact) mass is 862 g/mol. The molecule has 0 unspecified atom stereocenters. The summed E-state index contributed by atoms with van der Waals surface area (Å²) in [6, 6.07) is 84.1. The van der Waals surface area contributed by atoms with Crippen molar-refractivity contribution in [2.24, 2.45) is 0 Å². The minimum atomic E-state index is 0.854. The summed E-state index contributed by atoms with van der Waals surface area (Å²) < 4.78 is 4.91. The van der Waals surface area contributed by atoms with Crippen molar-refractivity contribution in [3.8, 4) is 33.9 Å². The Hall–Kier alpha value is -9.12. The number of hydrogen-bond acceptors (Lipinski definition) is 2. The summed E-state index contributed by atoms with van der Waals surface area (Å²) in [4.78, 5) is 10.9. The minimum absolute atomic E-state index is 0.854. The van der Waals surface area contributed by atoms with Gasteiger partial charge in [0, 0.05) is 43.7 Å². The third-order valence-electron chi connectivity index (χ3n) is 14.4. The zero-order chi connectivity index (χ0) is 44.5. The number of nitrogens with zero attached hydrogens (tertiary/aromatic N) is 4. The van der Waals surface area contributed by atoms with E-state index in [9.17, 15) is 0 Å². The number of fused-ring (bicyclic) bond motifs is 13. The Balaban J connectivity index is 0.951. The molecule has 0 radical (unpaired) electrons. The fourth-order valence-electron chi connectivity index (χ4n) is 11.2. The Morgan fingerprint density at radius 3 is 1.49 bits per heavy atom. The molecule has 0 atom stereocenters. The molecule has 0 aliphatic heterocycles. The number of para-hydroxylation sites is 4. The van der Waals surface area contributed by atoms with Gasteiger partial charge in [-0.2, -0.15) is 0 Å². The average molecular weight is 863 g/mol. The SMILES string of the molecule is c1ccc2cc3c(cc2c1)c1ccccc1n3-c1ccc2cc3c(cc2c1)c1ccccc1n3-c1cc(-c2nc3ccccc3nc2-c2ccc3c(ccc4ccccc43)c2)cc2ccccc12. The van der Waals surface area contributed by atoms with Crippen LogP contribution in [-0.2, 0) is 0 Å². The van der Waals surface area contributed by atoms with Crippen LogP contribution in [0.15, 0.2) is 231 Å². The van der Waals surface area contributed by atoms with Crippen molar-refractivity contribution in [1.82, 2.24) is 19.1 Å². The summed E-state index contributed by atoms with van der Waals surface area (Å²) in [5.41, 5.74) is 12.5. The van der Waals surface area contributed by atoms with Gasteiger partial charge in [0.15, 0.2) is 0 Å². The fourth-order valence-corrected chi connectivity index (χ4v) is 11.2. The van der Waals surface area contributed by atoms with E-state index in [0.29, 0.717) is 0 Å². The molecule has 0 aliphatic carbocycles. The van der Waals surface area contributed by atoms with Gasteiger partial charge in [-0.15, -0.1) is 0 Å². The van der Waals surface area contributed by atoms with E-state index in [1.54, 1.807) is 0 Å². The van der Waals surface area contributed by atoms with Gasteiger partial charge >= 0.3 is 0 Å². The van der Waals surface area contributed by atoms with Crippen LogP contribution in [0.4, 0.5) is 0 Å². The van der Waals surface area contributed by atoms with Crippen molar-refractivity contribution < 1.29 is 0 Å². The lowest BCUT2D eigenvalue weighted by Crippen LogP contribution is -1.99. The molecule has 12 aromatic carbocycles. The van der Waals surface area contributed by atoms with E-state index in [2.05, 4.69) is 228 Å². The molecular formula is C64H38N4. The molecule has 68 heavy (non-hydrogen) atoms. The maximum Gasteiger partial charge on any atom is 0.0974 e. The first kappa shape index (κ1) is 37.1. The van der Waals surface area contributed by atoms with E-state index in [4.69, 9.17) is 9.97 Å². The van der Waals surface area contributed by atoms with Crippen LogP contribution in [0, 0.1) is 0 Å². The Bertz CT molecular complexity index is 4630. The van der Waals surface area contributed by atoms with Crippen LogP contribution in [0.25, 0.3) is 142 Å². The van der Waals surface area contributed by atoms with Gasteiger partial charge < -0.3 is 9.13 Å². The summed E-state index contributed by atoms with van der Waals surface area (Å²) in [7, 11) is 0. The van der Waals surface area contributed by atoms with E-state index in [1.807, 2.05) is 12.1 Å². The average Bonchev–Trinajstić information content (AvgIpc) is 3.89. The standard InChI is InChI=1S/C64H38N4/c1-2-15-41-36-61-54(34-40(41)14-1)52-19-7-11-23-58(52)67(61)48-29-27-42-37-62-55(35-46(42)33-48)53-20-8-12-24-59(53)68(62)60-38-47(32-43-16-4-6-18-51(43)60)64-63(65-56-21-9-10-22-57(56)66-64)45-28-30-50-44(31-45)26-25-39-13-3-5-17-49(39)50/h1-38H. The van der Waals surface area contributed by atoms with Gasteiger partial charge in [0.25, 0.3) is 0 Å². The summed E-state index contributed by atoms with van der Waals surface area (Å²) in [5, 5.41) is 17.0. The molecule has 0 fully saturated rings. The van der Waals surface area contributed by atoms with Crippen LogP contribution in [0.1, 0.15) is 0 Å². The van der Waals surface area contributed by atoms with Crippen molar-refractivity contribution >= 4 is 109 Å². The summed E-state index contributed by atoms with van der Waals surface area (Å²) in [5.74, 6) is 0. The second-order valence-corrected chi connectivity index (χ2v) is 18.2. The fraction of sp³-hybridized carbons (Fsp3) is 0. The summed E-state index contributed by atoms with van der Waals surface area (Å²) >= 11 is 0. The molecule has 3 heterocycles. The molecule has 4 heteroatoms. The molecular weight excluding hydrogens is 825 g/mol. The van der Waals surface area contributed by atoms with E-state index in [1.165, 1.54) is 81.1 Å². The number of aromatic nitrogens is 4. The van der Waals surface area contributed by atoms with Gasteiger partial charge in [-0.25, -0.2) is 9.97 Å². The van der Waals surface area contributed by atoms with Crippen molar-refractivity contribution in [2.75, 3.05) is 0 Å². The smallest absolute Gasteiger partial charge is 0.0974 e. The maximum atomic E-state index is 5.45. The summed E-state index contributed by atoms with van der Waals surface area (Å²) in [6.45, 7) is 0. The Kier molecular flexibility index (Phi) is 7.75. The Morgan fingerprint density at radius 2 is 0.735 bits per heavy atom. The van der Waals surface area contributed by atoms with Crippen LogP contribution in [0.2, 0.25) is 0 Å². The topological polar surface area (TPSA) is 35.6 Å². The van der Waals surface area contributed by atoms with E-state index in [0.717, 1.165) is 61.3 Å². The van der Waals surface area contributed by atoms with Gasteiger partial charge in [0.05, 0.1) is 50.2 Å². The molecule has 314 valence electrons. The van der Waals surface area contributed by atoms with Crippen molar-refractivity contribution in [3.63, 3.8) is 0 Å². The lowest BCUT2D eigenvalue weighted by Gasteiger charge is -2.17. The molecule has 15 aromatic rings. The molecule has 3 aromatic heterocycles. The zero-order valence-electron chi connectivity index (χ0n) is 36.7. The second-order valence-electron chi connectivity index (χ2n) is 18.2. The molecule has 0 bridgehead atoms. The molecule has 0 amide bonds. The van der Waals surface area contributed by atoms with E-state index < -0.39 is 0 Å². The van der Waals surface area contributed by atoms with Crippen LogP contribution < -0.4 is 0 Å². The van der Waals surface area contributed by atoms with Crippen molar-refractivity contribution in [3.05, 3.63) is 231 Å². The van der Waals surface area contributed by atoms with Gasteiger partial charge in [0.2, 0.25) is 0 Å². The minimum Gasteiger partial charge on any atom is -0.309 e. The van der Waals surface area contributed by atoms with E-state index in [-0.39, 0.29) is 0 Å².